The van der Waals surface area contributed by atoms with Gasteiger partial charge in [-0.1, -0.05) is 36.5 Å². The molecule has 0 spiro atoms. The van der Waals surface area contributed by atoms with Crippen LogP contribution in [0.4, 0.5) is 0 Å². The van der Waals surface area contributed by atoms with Gasteiger partial charge in [-0.25, -0.2) is 0 Å². The summed E-state index contributed by atoms with van der Waals surface area (Å²) in [6.07, 6.45) is 13.3. The number of methoxy groups -OCH3 is 1. The summed E-state index contributed by atoms with van der Waals surface area (Å²) >= 11 is 0. The zero-order chi connectivity index (χ0) is 14.1. The summed E-state index contributed by atoms with van der Waals surface area (Å²) in [7, 11) is 3.19. The van der Waals surface area contributed by atoms with E-state index in [1.54, 1.807) is 19.3 Å². The minimum atomic E-state index is -0.614. The Bertz CT molecular complexity index is 457. The van der Waals surface area contributed by atoms with Crippen molar-refractivity contribution in [3.8, 4) is 0 Å². The molecule has 0 radical (unpaired) electrons. The number of nitrogens with one attached hydrogen (secondary N) is 1. The largest absolute Gasteiger partial charge is 0.367 e. The van der Waals surface area contributed by atoms with Crippen LogP contribution < -0.4 is 5.32 Å². The first kappa shape index (κ1) is 15.1. The second-order valence-corrected chi connectivity index (χ2v) is 3.96. The van der Waals surface area contributed by atoms with E-state index in [0.29, 0.717) is 5.70 Å². The Kier molecular flexibility index (Phi) is 6.53. The standard InChI is InChI=1S/C15H20N2O2/c1-4-13(11-16-2)17-15(18)14(19-3)12-9-7-5-6-8-10-12/h4-7,9-11,14H,8H2,1-3H3,(H,17,18)/b13-4+,16-11?/t14-/m1/s1. The average Bonchev–Trinajstić information content (AvgIpc) is 2.68. The monoisotopic (exact) mass is 260 g/mol. The summed E-state index contributed by atoms with van der Waals surface area (Å²) < 4.78 is 5.30. The van der Waals surface area contributed by atoms with Crippen molar-refractivity contribution < 1.29 is 9.53 Å². The van der Waals surface area contributed by atoms with E-state index in [1.165, 1.54) is 7.11 Å². The predicted octanol–water partition coefficient (Wildman–Crippen LogP) is 2.16. The van der Waals surface area contributed by atoms with E-state index >= 15 is 0 Å². The molecule has 102 valence electrons. The lowest BCUT2D eigenvalue weighted by atomic mass is 10.1. The molecule has 1 amide bonds. The SMILES string of the molecule is C/C=C(\C=NC)NC(=O)[C@H](OC)C1=CCC=CC=C1. The van der Waals surface area contributed by atoms with Crippen LogP contribution in [0, 0.1) is 0 Å². The predicted molar refractivity (Wildman–Crippen MR) is 78.1 cm³/mol. The van der Waals surface area contributed by atoms with Crippen molar-refractivity contribution in [2.75, 3.05) is 14.2 Å². The molecule has 1 N–H and O–H groups in total. The van der Waals surface area contributed by atoms with E-state index in [1.807, 2.05) is 37.3 Å². The molecular weight excluding hydrogens is 240 g/mol. The van der Waals surface area contributed by atoms with Crippen LogP contribution in [0.15, 0.2) is 52.7 Å². The Hall–Kier alpha value is -1.94. The molecule has 19 heavy (non-hydrogen) atoms. The summed E-state index contributed by atoms with van der Waals surface area (Å²) in [4.78, 5) is 16.1. The molecule has 0 heterocycles. The van der Waals surface area contributed by atoms with E-state index in [0.717, 1.165) is 12.0 Å². The second kappa shape index (κ2) is 8.21. The summed E-state index contributed by atoms with van der Waals surface area (Å²) in [5, 5.41) is 2.79. The highest BCUT2D eigenvalue weighted by Crippen LogP contribution is 2.13. The van der Waals surface area contributed by atoms with Crippen molar-refractivity contribution in [2.45, 2.75) is 19.4 Å². The lowest BCUT2D eigenvalue weighted by molar-refractivity contribution is -0.128. The van der Waals surface area contributed by atoms with Gasteiger partial charge in [0.25, 0.3) is 5.91 Å². The van der Waals surface area contributed by atoms with Gasteiger partial charge in [-0.15, -0.1) is 0 Å². The Morgan fingerprint density at radius 3 is 2.95 bits per heavy atom. The number of ether oxygens (including phenoxy) is 1. The summed E-state index contributed by atoms with van der Waals surface area (Å²) in [5.74, 6) is -0.201. The third-order valence-corrected chi connectivity index (χ3v) is 2.65. The van der Waals surface area contributed by atoms with Gasteiger partial charge in [0.05, 0.1) is 5.70 Å². The van der Waals surface area contributed by atoms with Gasteiger partial charge < -0.3 is 10.1 Å². The molecule has 0 saturated carbocycles. The average molecular weight is 260 g/mol. The van der Waals surface area contributed by atoms with Crippen molar-refractivity contribution >= 4 is 12.1 Å². The van der Waals surface area contributed by atoms with Crippen LogP contribution in [0.1, 0.15) is 13.3 Å². The van der Waals surface area contributed by atoms with Gasteiger partial charge in [0.15, 0.2) is 6.10 Å². The second-order valence-electron chi connectivity index (χ2n) is 3.96. The van der Waals surface area contributed by atoms with Gasteiger partial charge in [0.2, 0.25) is 0 Å². The van der Waals surface area contributed by atoms with Crippen LogP contribution in [-0.4, -0.2) is 32.4 Å². The number of aliphatic imine (C=N–C) groups is 1. The number of amides is 1. The van der Waals surface area contributed by atoms with Crippen LogP contribution in [0.5, 0.6) is 0 Å². The zero-order valence-electron chi connectivity index (χ0n) is 11.6. The Labute approximate surface area is 114 Å². The summed E-state index contributed by atoms with van der Waals surface area (Å²) in [6.45, 7) is 1.84. The number of carbonyl (C=O) groups is 1. The molecule has 1 atom stereocenters. The first-order valence-corrected chi connectivity index (χ1v) is 6.18. The highest BCUT2D eigenvalue weighted by Gasteiger charge is 2.21. The molecule has 0 fully saturated rings. The van der Waals surface area contributed by atoms with Crippen molar-refractivity contribution in [3.05, 3.63) is 47.7 Å². The molecule has 0 aromatic rings. The molecule has 0 saturated heterocycles. The maximum atomic E-state index is 12.2. The first-order valence-electron chi connectivity index (χ1n) is 6.18. The normalized spacial score (nSPS) is 17.2. The Balaban J connectivity index is 2.80. The number of hydrogen-bond acceptors (Lipinski definition) is 3. The number of carbonyl (C=O) groups excluding carboxylic acids is 1. The summed E-state index contributed by atoms with van der Waals surface area (Å²) in [5.41, 5.74) is 1.51. The van der Waals surface area contributed by atoms with Crippen LogP contribution >= 0.6 is 0 Å². The molecule has 0 aromatic heterocycles. The van der Waals surface area contributed by atoms with Crippen molar-refractivity contribution in [1.29, 1.82) is 0 Å². The van der Waals surface area contributed by atoms with Gasteiger partial charge in [0.1, 0.15) is 0 Å². The van der Waals surface area contributed by atoms with Crippen molar-refractivity contribution in [2.24, 2.45) is 4.99 Å². The zero-order valence-corrected chi connectivity index (χ0v) is 11.6. The molecule has 0 bridgehead atoms. The Morgan fingerprint density at radius 1 is 1.53 bits per heavy atom. The lowest BCUT2D eigenvalue weighted by Gasteiger charge is -2.16. The van der Waals surface area contributed by atoms with E-state index in [9.17, 15) is 4.79 Å². The molecular formula is C15H20N2O2. The summed E-state index contributed by atoms with van der Waals surface area (Å²) in [6, 6.07) is 0. The van der Waals surface area contributed by atoms with Gasteiger partial charge in [-0.3, -0.25) is 9.79 Å². The molecule has 1 aliphatic carbocycles. The fourth-order valence-corrected chi connectivity index (χ4v) is 1.71. The van der Waals surface area contributed by atoms with Crippen LogP contribution in [0.3, 0.4) is 0 Å². The third-order valence-electron chi connectivity index (χ3n) is 2.65. The topological polar surface area (TPSA) is 50.7 Å². The number of nitrogens with zero attached hydrogens (tertiary/aromatic N) is 1. The van der Waals surface area contributed by atoms with Gasteiger partial charge in [-0.05, 0) is 18.9 Å². The van der Waals surface area contributed by atoms with E-state index in [2.05, 4.69) is 10.3 Å². The molecule has 0 unspecified atom stereocenters. The smallest absolute Gasteiger partial charge is 0.258 e. The fraction of sp³-hybridized carbons (Fsp3) is 0.333. The minimum Gasteiger partial charge on any atom is -0.367 e. The third kappa shape index (κ3) is 4.67. The van der Waals surface area contributed by atoms with Crippen LogP contribution in [0.25, 0.3) is 0 Å². The molecule has 0 aromatic carbocycles. The molecule has 1 rings (SSSR count). The highest BCUT2D eigenvalue weighted by molar-refractivity contribution is 5.92. The van der Waals surface area contributed by atoms with E-state index < -0.39 is 6.10 Å². The van der Waals surface area contributed by atoms with Gasteiger partial charge in [0, 0.05) is 20.4 Å². The van der Waals surface area contributed by atoms with Crippen molar-refractivity contribution in [3.63, 3.8) is 0 Å². The van der Waals surface area contributed by atoms with Crippen LogP contribution in [-0.2, 0) is 9.53 Å². The van der Waals surface area contributed by atoms with E-state index in [4.69, 9.17) is 4.74 Å². The molecule has 4 heteroatoms. The molecule has 0 aliphatic heterocycles. The minimum absolute atomic E-state index is 0.201. The quantitative estimate of drug-likeness (QED) is 0.770. The maximum Gasteiger partial charge on any atom is 0.258 e. The highest BCUT2D eigenvalue weighted by atomic mass is 16.5. The first-order chi connectivity index (χ1) is 9.22. The number of rotatable bonds is 5. The van der Waals surface area contributed by atoms with Gasteiger partial charge >= 0.3 is 0 Å². The van der Waals surface area contributed by atoms with Crippen LogP contribution in [0.2, 0.25) is 0 Å². The number of allylic oxidation sites excluding steroid dienone is 6. The molecule has 4 nitrogen and oxygen atoms in total. The fourth-order valence-electron chi connectivity index (χ4n) is 1.71. The maximum absolute atomic E-state index is 12.2. The number of hydrogen-bond donors (Lipinski definition) is 1. The molecule has 1 aliphatic rings. The Morgan fingerprint density at radius 2 is 2.32 bits per heavy atom. The lowest BCUT2D eigenvalue weighted by Crippen LogP contribution is -2.36. The van der Waals surface area contributed by atoms with Gasteiger partial charge in [-0.2, -0.15) is 0 Å². The van der Waals surface area contributed by atoms with Crippen molar-refractivity contribution in [1.82, 2.24) is 5.32 Å². The van der Waals surface area contributed by atoms with E-state index in [-0.39, 0.29) is 5.91 Å².